The second-order valence-electron chi connectivity index (χ2n) is 5.84. The Labute approximate surface area is 121 Å². The third kappa shape index (κ3) is 3.51. The molecule has 0 amide bonds. The van der Waals surface area contributed by atoms with Crippen LogP contribution in [-0.4, -0.2) is 22.9 Å². The number of nitrogens with zero attached hydrogens (tertiary/aromatic N) is 2. The maximum atomic E-state index is 6.35. The van der Waals surface area contributed by atoms with E-state index in [-0.39, 0.29) is 0 Å². The van der Waals surface area contributed by atoms with Gasteiger partial charge in [0.15, 0.2) is 0 Å². The molecule has 0 saturated heterocycles. The van der Waals surface area contributed by atoms with Crippen LogP contribution in [0.2, 0.25) is 5.15 Å². The van der Waals surface area contributed by atoms with Crippen molar-refractivity contribution in [1.29, 1.82) is 0 Å². The summed E-state index contributed by atoms with van der Waals surface area (Å²) in [6.07, 6.45) is 6.36. The zero-order valence-corrected chi connectivity index (χ0v) is 13.1. The molecule has 0 aliphatic heterocycles. The summed E-state index contributed by atoms with van der Waals surface area (Å²) in [5.41, 5.74) is 2.36. The Bertz CT molecular complexity index is 414. The summed E-state index contributed by atoms with van der Waals surface area (Å²) in [6.45, 7) is 6.59. The maximum absolute atomic E-state index is 6.35. The van der Waals surface area contributed by atoms with Crippen LogP contribution in [0.5, 0.6) is 0 Å². The Morgan fingerprint density at radius 1 is 1.37 bits per heavy atom. The van der Waals surface area contributed by atoms with E-state index in [1.807, 2.05) is 7.05 Å². The average Bonchev–Trinajstić information content (AvgIpc) is 2.91. The first-order valence-electron chi connectivity index (χ1n) is 7.52. The first-order chi connectivity index (χ1) is 9.13. The van der Waals surface area contributed by atoms with E-state index in [1.165, 1.54) is 31.2 Å². The number of rotatable bonds is 6. The summed E-state index contributed by atoms with van der Waals surface area (Å²) in [6, 6.07) is 0. The van der Waals surface area contributed by atoms with E-state index >= 15 is 0 Å². The monoisotopic (exact) mass is 283 g/mol. The van der Waals surface area contributed by atoms with Crippen molar-refractivity contribution in [3.05, 3.63) is 16.4 Å². The Balaban J connectivity index is 1.97. The number of aryl methyl sites for hydroxylation is 2. The highest BCUT2D eigenvalue weighted by Gasteiger charge is 2.28. The summed E-state index contributed by atoms with van der Waals surface area (Å²) in [5.74, 6) is 1.58. The second kappa shape index (κ2) is 6.76. The van der Waals surface area contributed by atoms with Gasteiger partial charge in [-0.25, -0.2) is 0 Å². The van der Waals surface area contributed by atoms with Crippen molar-refractivity contribution in [1.82, 2.24) is 15.1 Å². The lowest BCUT2D eigenvalue weighted by Crippen LogP contribution is -2.26. The van der Waals surface area contributed by atoms with Crippen molar-refractivity contribution in [3.63, 3.8) is 0 Å². The fourth-order valence-electron chi connectivity index (χ4n) is 3.28. The first-order valence-corrected chi connectivity index (χ1v) is 7.90. The minimum atomic E-state index is 0.768. The molecule has 2 rings (SSSR count). The predicted octanol–water partition coefficient (Wildman–Crippen LogP) is 3.34. The van der Waals surface area contributed by atoms with Gasteiger partial charge in [-0.1, -0.05) is 24.9 Å². The topological polar surface area (TPSA) is 29.9 Å². The summed E-state index contributed by atoms with van der Waals surface area (Å²) in [4.78, 5) is 0. The molecule has 108 valence electrons. The van der Waals surface area contributed by atoms with Crippen LogP contribution in [-0.2, 0) is 13.5 Å². The predicted molar refractivity (Wildman–Crippen MR) is 80.7 cm³/mol. The van der Waals surface area contributed by atoms with Gasteiger partial charge in [0.1, 0.15) is 5.15 Å². The molecule has 0 radical (unpaired) electrons. The van der Waals surface area contributed by atoms with Crippen LogP contribution in [0, 0.1) is 18.8 Å². The zero-order chi connectivity index (χ0) is 13.8. The lowest BCUT2D eigenvalue weighted by Gasteiger charge is -2.20. The molecule has 0 bridgehead atoms. The Hall–Kier alpha value is -0.540. The Morgan fingerprint density at radius 2 is 2.11 bits per heavy atom. The SMILES string of the molecule is CCCNCC1CCCC1Cc1c(C)nn(C)c1Cl. The number of nitrogens with one attached hydrogen (secondary N) is 1. The molecule has 1 saturated carbocycles. The summed E-state index contributed by atoms with van der Waals surface area (Å²) < 4.78 is 1.80. The highest BCUT2D eigenvalue weighted by atomic mass is 35.5. The number of hydrogen-bond donors (Lipinski definition) is 1. The average molecular weight is 284 g/mol. The fraction of sp³-hybridized carbons (Fsp3) is 0.800. The molecule has 1 fully saturated rings. The van der Waals surface area contributed by atoms with Gasteiger partial charge in [0.2, 0.25) is 0 Å². The quantitative estimate of drug-likeness (QED) is 0.812. The molecule has 1 aromatic rings. The van der Waals surface area contributed by atoms with Crippen LogP contribution in [0.3, 0.4) is 0 Å². The first kappa shape index (κ1) is 14.9. The molecular weight excluding hydrogens is 258 g/mol. The van der Waals surface area contributed by atoms with E-state index in [4.69, 9.17) is 11.6 Å². The van der Waals surface area contributed by atoms with Crippen molar-refractivity contribution >= 4 is 11.6 Å². The van der Waals surface area contributed by atoms with Crippen LogP contribution in [0.25, 0.3) is 0 Å². The molecule has 4 heteroatoms. The van der Waals surface area contributed by atoms with Gasteiger partial charge in [-0.15, -0.1) is 0 Å². The maximum Gasteiger partial charge on any atom is 0.130 e. The van der Waals surface area contributed by atoms with E-state index in [1.54, 1.807) is 4.68 Å². The van der Waals surface area contributed by atoms with E-state index < -0.39 is 0 Å². The van der Waals surface area contributed by atoms with Gasteiger partial charge in [-0.2, -0.15) is 5.10 Å². The van der Waals surface area contributed by atoms with E-state index in [0.717, 1.165) is 42.2 Å². The van der Waals surface area contributed by atoms with Crippen molar-refractivity contribution in [2.45, 2.75) is 46.0 Å². The van der Waals surface area contributed by atoms with Gasteiger partial charge < -0.3 is 5.32 Å². The highest BCUT2D eigenvalue weighted by Crippen LogP contribution is 2.35. The largest absolute Gasteiger partial charge is 0.316 e. The summed E-state index contributed by atoms with van der Waals surface area (Å²) >= 11 is 6.35. The minimum Gasteiger partial charge on any atom is -0.316 e. The molecular formula is C15H26ClN3. The van der Waals surface area contributed by atoms with Gasteiger partial charge in [-0.05, 0) is 57.5 Å². The van der Waals surface area contributed by atoms with E-state index in [2.05, 4.69) is 24.3 Å². The van der Waals surface area contributed by atoms with Crippen molar-refractivity contribution in [2.24, 2.45) is 18.9 Å². The lowest BCUT2D eigenvalue weighted by atomic mass is 9.89. The molecule has 1 aliphatic carbocycles. The van der Waals surface area contributed by atoms with Crippen LogP contribution in [0.15, 0.2) is 0 Å². The zero-order valence-electron chi connectivity index (χ0n) is 12.4. The lowest BCUT2D eigenvalue weighted by molar-refractivity contribution is 0.365. The third-order valence-electron chi connectivity index (χ3n) is 4.39. The van der Waals surface area contributed by atoms with Gasteiger partial charge in [0.05, 0.1) is 5.69 Å². The molecule has 1 aliphatic rings. The van der Waals surface area contributed by atoms with Gasteiger partial charge in [0, 0.05) is 12.6 Å². The molecule has 2 unspecified atom stereocenters. The van der Waals surface area contributed by atoms with Crippen molar-refractivity contribution in [2.75, 3.05) is 13.1 Å². The van der Waals surface area contributed by atoms with Crippen LogP contribution in [0.1, 0.15) is 43.9 Å². The molecule has 1 aromatic heterocycles. The fourth-order valence-corrected chi connectivity index (χ4v) is 3.53. The minimum absolute atomic E-state index is 0.768. The van der Waals surface area contributed by atoms with Gasteiger partial charge in [-0.3, -0.25) is 4.68 Å². The van der Waals surface area contributed by atoms with Crippen LogP contribution >= 0.6 is 11.6 Å². The molecule has 1 heterocycles. The van der Waals surface area contributed by atoms with Crippen LogP contribution in [0.4, 0.5) is 0 Å². The number of halogens is 1. The van der Waals surface area contributed by atoms with Gasteiger partial charge in [0.25, 0.3) is 0 Å². The summed E-state index contributed by atoms with van der Waals surface area (Å²) in [7, 11) is 1.92. The molecule has 19 heavy (non-hydrogen) atoms. The van der Waals surface area contributed by atoms with E-state index in [0.29, 0.717) is 0 Å². The molecule has 2 atom stereocenters. The van der Waals surface area contributed by atoms with Crippen molar-refractivity contribution < 1.29 is 0 Å². The smallest absolute Gasteiger partial charge is 0.130 e. The van der Waals surface area contributed by atoms with Crippen LogP contribution < -0.4 is 5.32 Å². The number of aromatic nitrogens is 2. The summed E-state index contributed by atoms with van der Waals surface area (Å²) in [5, 5.41) is 8.82. The van der Waals surface area contributed by atoms with Gasteiger partial charge >= 0.3 is 0 Å². The van der Waals surface area contributed by atoms with Crippen molar-refractivity contribution in [3.8, 4) is 0 Å². The second-order valence-corrected chi connectivity index (χ2v) is 6.20. The number of hydrogen-bond acceptors (Lipinski definition) is 2. The third-order valence-corrected chi connectivity index (χ3v) is 4.86. The molecule has 0 aromatic carbocycles. The standard InChI is InChI=1S/C15H26ClN3/c1-4-8-17-10-13-7-5-6-12(13)9-14-11(2)18-19(3)15(14)16/h12-13,17H,4-10H2,1-3H3. The van der Waals surface area contributed by atoms with E-state index in [9.17, 15) is 0 Å². The normalized spacial score (nSPS) is 23.2. The Kier molecular flexibility index (Phi) is 5.28. The molecule has 3 nitrogen and oxygen atoms in total. The molecule has 1 N–H and O–H groups in total. The highest BCUT2D eigenvalue weighted by molar-refractivity contribution is 6.30. The molecule has 0 spiro atoms. The Morgan fingerprint density at radius 3 is 2.74 bits per heavy atom.